The SMILES string of the molecule is CC(C)C[C@H](N)C(=O)[O-]. The monoisotopic (exact) mass is 130 g/mol. The average Bonchev–Trinajstić information content (AvgIpc) is 1.63. The summed E-state index contributed by atoms with van der Waals surface area (Å²) in [4.78, 5) is 10.00. The largest absolute Gasteiger partial charge is 0.548 e. The molecule has 0 heterocycles. The van der Waals surface area contributed by atoms with Gasteiger partial charge in [0.25, 0.3) is 0 Å². The van der Waals surface area contributed by atoms with Gasteiger partial charge in [-0.05, 0) is 12.3 Å². The van der Waals surface area contributed by atoms with Crippen LogP contribution in [0.2, 0.25) is 0 Å². The molecule has 0 spiro atoms. The minimum Gasteiger partial charge on any atom is -0.548 e. The van der Waals surface area contributed by atoms with Crippen LogP contribution in [0.5, 0.6) is 0 Å². The Hall–Kier alpha value is -0.570. The molecule has 0 rings (SSSR count). The molecule has 0 bridgehead atoms. The normalized spacial score (nSPS) is 13.8. The van der Waals surface area contributed by atoms with E-state index in [1.807, 2.05) is 13.8 Å². The summed E-state index contributed by atoms with van der Waals surface area (Å²) in [7, 11) is 0. The van der Waals surface area contributed by atoms with E-state index in [9.17, 15) is 9.90 Å². The van der Waals surface area contributed by atoms with Gasteiger partial charge in [0.15, 0.2) is 0 Å². The number of carbonyl (C=O) groups is 1. The van der Waals surface area contributed by atoms with Crippen molar-refractivity contribution < 1.29 is 9.90 Å². The van der Waals surface area contributed by atoms with Gasteiger partial charge in [0, 0.05) is 6.04 Å². The van der Waals surface area contributed by atoms with Gasteiger partial charge in [0.05, 0.1) is 5.97 Å². The lowest BCUT2D eigenvalue weighted by atomic mass is 10.1. The van der Waals surface area contributed by atoms with Gasteiger partial charge in [-0.25, -0.2) is 0 Å². The standard InChI is InChI=1S/C6H13NO2/c1-4(2)3-5(7)6(8)9/h4-5H,3,7H2,1-2H3,(H,8,9)/p-1/t5-/m0/s1. The van der Waals surface area contributed by atoms with Crippen molar-refractivity contribution in [1.82, 2.24) is 0 Å². The molecule has 0 aliphatic carbocycles. The number of hydrogen-bond donors (Lipinski definition) is 1. The third-order valence-electron chi connectivity index (χ3n) is 1.03. The zero-order chi connectivity index (χ0) is 7.44. The Labute approximate surface area is 54.9 Å². The summed E-state index contributed by atoms with van der Waals surface area (Å²) in [5.41, 5.74) is 5.16. The van der Waals surface area contributed by atoms with Gasteiger partial charge in [-0.2, -0.15) is 0 Å². The Kier molecular flexibility index (Phi) is 3.24. The molecule has 0 aliphatic rings. The van der Waals surface area contributed by atoms with E-state index in [0.29, 0.717) is 12.3 Å². The van der Waals surface area contributed by atoms with Gasteiger partial charge >= 0.3 is 0 Å². The lowest BCUT2D eigenvalue weighted by Crippen LogP contribution is -2.42. The number of carbonyl (C=O) groups excluding carboxylic acids is 1. The van der Waals surface area contributed by atoms with E-state index >= 15 is 0 Å². The molecule has 0 aromatic carbocycles. The number of aliphatic carboxylic acids is 1. The minimum absolute atomic E-state index is 0.317. The van der Waals surface area contributed by atoms with Gasteiger partial charge < -0.3 is 15.6 Å². The molecule has 3 nitrogen and oxygen atoms in total. The highest BCUT2D eigenvalue weighted by Crippen LogP contribution is 2.00. The van der Waals surface area contributed by atoms with Crippen molar-refractivity contribution >= 4 is 5.97 Å². The van der Waals surface area contributed by atoms with E-state index in [1.165, 1.54) is 0 Å². The van der Waals surface area contributed by atoms with E-state index < -0.39 is 12.0 Å². The number of nitrogens with two attached hydrogens (primary N) is 1. The highest BCUT2D eigenvalue weighted by molar-refractivity contribution is 5.70. The Bertz CT molecular complexity index is 101. The number of rotatable bonds is 3. The smallest absolute Gasteiger partial charge is 0.0582 e. The number of hydrogen-bond acceptors (Lipinski definition) is 3. The summed E-state index contributed by atoms with van der Waals surface area (Å²) < 4.78 is 0. The van der Waals surface area contributed by atoms with Crippen LogP contribution in [-0.4, -0.2) is 12.0 Å². The zero-order valence-electron chi connectivity index (χ0n) is 5.76. The van der Waals surface area contributed by atoms with Crippen molar-refractivity contribution in [2.45, 2.75) is 26.3 Å². The maximum atomic E-state index is 10.00. The minimum atomic E-state index is -1.16. The molecular formula is C6H12NO2-. The Morgan fingerprint density at radius 2 is 2.11 bits per heavy atom. The van der Waals surface area contributed by atoms with Gasteiger partial charge in [-0.3, -0.25) is 0 Å². The molecule has 0 aromatic heterocycles. The summed E-state index contributed by atoms with van der Waals surface area (Å²) >= 11 is 0. The molecule has 9 heavy (non-hydrogen) atoms. The Balaban J connectivity index is 3.50. The quantitative estimate of drug-likeness (QED) is 0.539. The molecule has 0 aliphatic heterocycles. The Morgan fingerprint density at radius 1 is 1.67 bits per heavy atom. The van der Waals surface area contributed by atoms with E-state index in [0.717, 1.165) is 0 Å². The van der Waals surface area contributed by atoms with Crippen LogP contribution in [0.4, 0.5) is 0 Å². The molecule has 0 saturated heterocycles. The molecule has 54 valence electrons. The van der Waals surface area contributed by atoms with Crippen molar-refractivity contribution in [3.05, 3.63) is 0 Å². The van der Waals surface area contributed by atoms with Crippen LogP contribution in [0, 0.1) is 5.92 Å². The van der Waals surface area contributed by atoms with Crippen molar-refractivity contribution in [3.8, 4) is 0 Å². The number of carboxylic acid groups (broad SMARTS) is 1. The number of carboxylic acids is 1. The van der Waals surface area contributed by atoms with Gasteiger partial charge in [0.2, 0.25) is 0 Å². The van der Waals surface area contributed by atoms with Crippen molar-refractivity contribution in [3.63, 3.8) is 0 Å². The molecule has 3 heteroatoms. The third-order valence-corrected chi connectivity index (χ3v) is 1.03. The van der Waals surface area contributed by atoms with Crippen LogP contribution in [0.3, 0.4) is 0 Å². The molecular weight excluding hydrogens is 118 g/mol. The zero-order valence-corrected chi connectivity index (χ0v) is 5.76. The molecule has 0 radical (unpaired) electrons. The van der Waals surface area contributed by atoms with Crippen LogP contribution in [0.1, 0.15) is 20.3 Å². The summed E-state index contributed by atoms with van der Waals surface area (Å²) in [6.45, 7) is 3.84. The fourth-order valence-electron chi connectivity index (χ4n) is 0.604. The summed E-state index contributed by atoms with van der Waals surface area (Å²) in [6.07, 6.45) is 0.488. The van der Waals surface area contributed by atoms with Crippen LogP contribution in [-0.2, 0) is 4.79 Å². The maximum absolute atomic E-state index is 10.00. The highest BCUT2D eigenvalue weighted by atomic mass is 16.4. The molecule has 0 amide bonds. The van der Waals surface area contributed by atoms with E-state index in [1.54, 1.807) is 0 Å². The van der Waals surface area contributed by atoms with Gasteiger partial charge in [-0.1, -0.05) is 13.8 Å². The van der Waals surface area contributed by atoms with Crippen molar-refractivity contribution in [1.29, 1.82) is 0 Å². The van der Waals surface area contributed by atoms with Crippen LogP contribution >= 0.6 is 0 Å². The van der Waals surface area contributed by atoms with Gasteiger partial charge in [0.1, 0.15) is 0 Å². The first kappa shape index (κ1) is 8.43. The first-order chi connectivity index (χ1) is 4.04. The fourth-order valence-corrected chi connectivity index (χ4v) is 0.604. The van der Waals surface area contributed by atoms with Crippen molar-refractivity contribution in [2.24, 2.45) is 11.7 Å². The summed E-state index contributed by atoms with van der Waals surface area (Å²) in [5.74, 6) is -0.846. The second-order valence-corrected chi connectivity index (χ2v) is 2.56. The van der Waals surface area contributed by atoms with E-state index in [4.69, 9.17) is 5.73 Å². The average molecular weight is 130 g/mol. The topological polar surface area (TPSA) is 66.2 Å². The van der Waals surface area contributed by atoms with E-state index in [-0.39, 0.29) is 0 Å². The predicted octanol–water partition coefficient (Wildman–Crippen LogP) is -0.890. The first-order valence-electron chi connectivity index (χ1n) is 3.00. The predicted molar refractivity (Wildman–Crippen MR) is 32.4 cm³/mol. The highest BCUT2D eigenvalue weighted by Gasteiger charge is 2.04. The third kappa shape index (κ3) is 3.97. The summed E-state index contributed by atoms with van der Waals surface area (Å²) in [6, 6.07) is -0.801. The molecule has 2 N–H and O–H groups in total. The summed E-state index contributed by atoms with van der Waals surface area (Å²) in [5, 5.41) is 10.00. The van der Waals surface area contributed by atoms with Gasteiger partial charge in [-0.15, -0.1) is 0 Å². The molecule has 1 atom stereocenters. The second-order valence-electron chi connectivity index (χ2n) is 2.56. The van der Waals surface area contributed by atoms with E-state index in [2.05, 4.69) is 0 Å². The maximum Gasteiger partial charge on any atom is 0.0582 e. The van der Waals surface area contributed by atoms with Crippen LogP contribution in [0.25, 0.3) is 0 Å². The fraction of sp³-hybridized carbons (Fsp3) is 0.833. The van der Waals surface area contributed by atoms with Crippen molar-refractivity contribution in [2.75, 3.05) is 0 Å². The molecule has 0 unspecified atom stereocenters. The Morgan fingerprint density at radius 3 is 2.22 bits per heavy atom. The van der Waals surface area contributed by atoms with Crippen LogP contribution < -0.4 is 10.8 Å². The molecule has 0 saturated carbocycles. The molecule has 0 aromatic rings. The second kappa shape index (κ2) is 3.45. The lowest BCUT2D eigenvalue weighted by molar-refractivity contribution is -0.307. The lowest BCUT2D eigenvalue weighted by Gasteiger charge is -2.13. The van der Waals surface area contributed by atoms with Crippen LogP contribution in [0.15, 0.2) is 0 Å². The molecule has 0 fully saturated rings. The first-order valence-corrected chi connectivity index (χ1v) is 3.00.